The molecule has 0 spiro atoms. The predicted octanol–water partition coefficient (Wildman–Crippen LogP) is 2.66. The molecule has 7 nitrogen and oxygen atoms in total. The maximum absolute atomic E-state index is 12.2. The summed E-state index contributed by atoms with van der Waals surface area (Å²) < 4.78 is 0. The van der Waals surface area contributed by atoms with Gasteiger partial charge in [-0.2, -0.15) is 10.2 Å². The molecule has 3 rings (SSSR count). The van der Waals surface area contributed by atoms with Crippen LogP contribution in [0.1, 0.15) is 25.7 Å². The third-order valence-corrected chi connectivity index (χ3v) is 3.91. The molecule has 1 amide bonds. The number of terminal acetylenes is 1. The molecule has 1 aliphatic heterocycles. The van der Waals surface area contributed by atoms with Gasteiger partial charge in [0.15, 0.2) is 5.66 Å². The third-order valence-electron chi connectivity index (χ3n) is 3.91. The number of carbonyl (C=O) groups is 1. The molecule has 7 heteroatoms. The molecule has 0 fully saturated rings. The third kappa shape index (κ3) is 3.43. The number of aromatic nitrogens is 2. The number of amides is 1. The van der Waals surface area contributed by atoms with Crippen LogP contribution in [0.25, 0.3) is 11.3 Å². The largest absolute Gasteiger partial charge is 0.320 e. The second-order valence-electron chi connectivity index (χ2n) is 5.63. The molecule has 1 aromatic carbocycles. The molecule has 2 aromatic rings. The molecular formula is C17H17N5O2. The van der Waals surface area contributed by atoms with E-state index in [1.165, 1.54) is 0 Å². The van der Waals surface area contributed by atoms with Crippen LogP contribution in [-0.4, -0.2) is 21.8 Å². The number of anilines is 1. The van der Waals surface area contributed by atoms with Gasteiger partial charge in [-0.3, -0.25) is 19.8 Å². The number of aromatic amines is 2. The second kappa shape index (κ2) is 6.54. The fourth-order valence-corrected chi connectivity index (χ4v) is 2.48. The number of benzene rings is 1. The Balaban J connectivity index is 1.64. The Bertz CT molecular complexity index is 851. The number of carbonyl (C=O) groups excluding carboxylic acids is 1. The van der Waals surface area contributed by atoms with Crippen LogP contribution in [0, 0.1) is 12.3 Å². The van der Waals surface area contributed by atoms with Crippen molar-refractivity contribution in [3.8, 4) is 23.6 Å². The molecule has 0 radical (unpaired) electrons. The minimum Gasteiger partial charge on any atom is -0.320 e. The maximum Gasteiger partial charge on any atom is 0.288 e. The number of rotatable bonds is 7. The zero-order valence-corrected chi connectivity index (χ0v) is 13.0. The molecule has 0 atom stereocenters. The number of nitrogens with zero attached hydrogens (tertiary/aromatic N) is 2. The lowest BCUT2D eigenvalue weighted by atomic mass is 10.0. The van der Waals surface area contributed by atoms with Gasteiger partial charge in [-0.1, -0.05) is 30.3 Å². The number of nitrogens with one attached hydrogen (secondary N) is 3. The Labute approximate surface area is 138 Å². The lowest BCUT2D eigenvalue weighted by Gasteiger charge is -2.09. The maximum atomic E-state index is 12.2. The molecule has 0 saturated heterocycles. The van der Waals surface area contributed by atoms with Crippen LogP contribution in [0.3, 0.4) is 0 Å². The van der Waals surface area contributed by atoms with Gasteiger partial charge in [0.2, 0.25) is 5.91 Å². The van der Waals surface area contributed by atoms with Crippen molar-refractivity contribution in [1.29, 1.82) is 0 Å². The van der Waals surface area contributed by atoms with E-state index in [-0.39, 0.29) is 23.6 Å². The van der Waals surface area contributed by atoms with E-state index in [0.29, 0.717) is 25.0 Å². The molecule has 122 valence electrons. The van der Waals surface area contributed by atoms with Gasteiger partial charge < -0.3 is 5.32 Å². The average molecular weight is 323 g/mol. The van der Waals surface area contributed by atoms with Crippen molar-refractivity contribution in [1.82, 2.24) is 10.2 Å². The monoisotopic (exact) mass is 323 g/mol. The van der Waals surface area contributed by atoms with Gasteiger partial charge >= 0.3 is 0 Å². The highest BCUT2D eigenvalue weighted by molar-refractivity contribution is 5.94. The summed E-state index contributed by atoms with van der Waals surface area (Å²) in [5.41, 5.74) is 0.704. The molecule has 24 heavy (non-hydrogen) atoms. The Morgan fingerprint density at radius 2 is 1.96 bits per heavy atom. The van der Waals surface area contributed by atoms with Crippen molar-refractivity contribution in [2.75, 3.05) is 5.32 Å². The van der Waals surface area contributed by atoms with Crippen molar-refractivity contribution in [2.24, 2.45) is 10.2 Å². The molecule has 3 N–H and O–H groups in total. The van der Waals surface area contributed by atoms with Crippen LogP contribution in [-0.2, 0) is 4.79 Å². The molecule has 1 aromatic heterocycles. The Hall–Kier alpha value is -3.14. The molecule has 2 heterocycles. The van der Waals surface area contributed by atoms with E-state index < -0.39 is 5.66 Å². The summed E-state index contributed by atoms with van der Waals surface area (Å²) in [5.74, 6) is 2.30. The topological polar surface area (TPSA) is 102 Å². The van der Waals surface area contributed by atoms with Crippen molar-refractivity contribution in [3.05, 3.63) is 40.7 Å². The van der Waals surface area contributed by atoms with Gasteiger partial charge in [-0.15, -0.1) is 12.3 Å². The molecule has 0 bridgehead atoms. The van der Waals surface area contributed by atoms with Crippen LogP contribution in [0.5, 0.6) is 0 Å². The van der Waals surface area contributed by atoms with E-state index in [0.717, 1.165) is 5.56 Å². The average Bonchev–Trinajstić information content (AvgIpc) is 3.30. The molecule has 0 aliphatic carbocycles. The molecular weight excluding hydrogens is 306 g/mol. The minimum absolute atomic E-state index is 0.216. The van der Waals surface area contributed by atoms with Gasteiger partial charge in [0, 0.05) is 31.2 Å². The summed E-state index contributed by atoms with van der Waals surface area (Å²) in [4.78, 5) is 24.1. The lowest BCUT2D eigenvalue weighted by Crippen LogP contribution is -2.20. The van der Waals surface area contributed by atoms with E-state index in [2.05, 4.69) is 31.7 Å². The zero-order valence-electron chi connectivity index (χ0n) is 13.0. The first-order valence-electron chi connectivity index (χ1n) is 7.67. The number of hydrogen-bond acceptors (Lipinski definition) is 4. The Morgan fingerprint density at radius 1 is 1.21 bits per heavy atom. The van der Waals surface area contributed by atoms with Crippen LogP contribution in [0.4, 0.5) is 5.69 Å². The van der Waals surface area contributed by atoms with Crippen LogP contribution >= 0.6 is 0 Å². The fourth-order valence-electron chi connectivity index (χ4n) is 2.48. The van der Waals surface area contributed by atoms with Gasteiger partial charge in [0.05, 0.1) is 5.69 Å². The fraction of sp³-hybridized carbons (Fsp3) is 0.294. The smallest absolute Gasteiger partial charge is 0.288 e. The molecule has 0 unspecified atom stereocenters. The molecule has 0 saturated carbocycles. The quantitative estimate of drug-likeness (QED) is 0.682. The van der Waals surface area contributed by atoms with E-state index in [1.54, 1.807) is 0 Å². The highest BCUT2D eigenvalue weighted by atomic mass is 16.2. The normalized spacial score (nSPS) is 14.1. The first kappa shape index (κ1) is 15.7. The van der Waals surface area contributed by atoms with Crippen molar-refractivity contribution in [2.45, 2.75) is 31.3 Å². The zero-order chi connectivity index (χ0) is 17.0. The summed E-state index contributed by atoms with van der Waals surface area (Å²) in [6, 6.07) is 9.30. The minimum atomic E-state index is -0.503. The second-order valence-corrected chi connectivity index (χ2v) is 5.63. The Kier molecular flexibility index (Phi) is 4.29. The summed E-state index contributed by atoms with van der Waals surface area (Å²) in [5, 5.41) is 16.0. The first-order chi connectivity index (χ1) is 11.6. The van der Waals surface area contributed by atoms with Crippen molar-refractivity contribution < 1.29 is 4.79 Å². The number of hydrogen-bond donors (Lipinski definition) is 3. The lowest BCUT2D eigenvalue weighted by molar-refractivity contribution is -0.116. The molecule has 1 aliphatic rings. The standard InChI is InChI=1S/C17H17N5O2/c1-2-3-10-17(21-22-17)11-9-13(23)18-15-14(19-20-16(15)24)12-7-5-4-6-8-12/h1,4-8H,3,9-11H2,(H,18,23)(H2,19,20,24). The summed E-state index contributed by atoms with van der Waals surface area (Å²) in [6.07, 6.45) is 7.18. The van der Waals surface area contributed by atoms with E-state index in [1.807, 2.05) is 30.3 Å². The highest BCUT2D eigenvalue weighted by Crippen LogP contribution is 2.37. The van der Waals surface area contributed by atoms with E-state index in [9.17, 15) is 9.59 Å². The highest BCUT2D eigenvalue weighted by Gasteiger charge is 2.39. The summed E-state index contributed by atoms with van der Waals surface area (Å²) in [7, 11) is 0. The first-order valence-corrected chi connectivity index (χ1v) is 7.67. The van der Waals surface area contributed by atoms with E-state index in [4.69, 9.17) is 6.42 Å². The van der Waals surface area contributed by atoms with Crippen LogP contribution in [0.15, 0.2) is 45.4 Å². The van der Waals surface area contributed by atoms with E-state index >= 15 is 0 Å². The van der Waals surface area contributed by atoms with Gasteiger partial charge in [0.25, 0.3) is 5.56 Å². The van der Waals surface area contributed by atoms with Gasteiger partial charge in [-0.25, -0.2) is 0 Å². The van der Waals surface area contributed by atoms with Crippen LogP contribution in [0.2, 0.25) is 0 Å². The summed E-state index contributed by atoms with van der Waals surface area (Å²) >= 11 is 0. The Morgan fingerprint density at radius 3 is 2.62 bits per heavy atom. The summed E-state index contributed by atoms with van der Waals surface area (Å²) in [6.45, 7) is 0. The van der Waals surface area contributed by atoms with Crippen molar-refractivity contribution >= 4 is 11.6 Å². The number of H-pyrrole nitrogens is 2. The van der Waals surface area contributed by atoms with Crippen molar-refractivity contribution in [3.63, 3.8) is 0 Å². The van der Waals surface area contributed by atoms with Gasteiger partial charge in [0.1, 0.15) is 5.69 Å². The SMILES string of the molecule is C#CCCC1(CCC(=O)Nc2c(-c3ccccc3)[nH][nH]c2=O)N=N1. The van der Waals surface area contributed by atoms with Crippen LogP contribution < -0.4 is 10.9 Å². The van der Waals surface area contributed by atoms with Gasteiger partial charge in [-0.05, 0) is 0 Å². The predicted molar refractivity (Wildman–Crippen MR) is 90.4 cm³/mol.